The fourth-order valence-corrected chi connectivity index (χ4v) is 6.95. The molecule has 2 aromatic rings. The molecule has 168 valence electrons. The highest BCUT2D eigenvalue weighted by atomic mass is 16.5. The van der Waals surface area contributed by atoms with Crippen molar-refractivity contribution in [2.45, 2.75) is 57.3 Å². The van der Waals surface area contributed by atoms with Crippen LogP contribution in [0, 0.1) is 17.8 Å². The summed E-state index contributed by atoms with van der Waals surface area (Å²) in [6.07, 6.45) is 12.6. The minimum atomic E-state index is -0.980. The Bertz CT molecular complexity index is 1040. The fraction of sp³-hybridized carbons (Fsp3) is 0.500. The van der Waals surface area contributed by atoms with Gasteiger partial charge in [0.1, 0.15) is 11.5 Å². The Kier molecular flexibility index (Phi) is 5.19. The van der Waals surface area contributed by atoms with E-state index in [0.29, 0.717) is 34.9 Å². The number of phenolic OH excluding ortho intramolecular Hbond substituents is 1. The minimum Gasteiger partial charge on any atom is -0.508 e. The molecule has 0 aliphatic heterocycles. The van der Waals surface area contributed by atoms with Gasteiger partial charge in [0.05, 0.1) is 12.7 Å². The lowest BCUT2D eigenvalue weighted by atomic mass is 9.48. The molecule has 2 N–H and O–H groups in total. The smallest absolute Gasteiger partial charge is 0.328 e. The molecule has 1 aromatic carbocycles. The van der Waals surface area contributed by atoms with E-state index in [1.165, 1.54) is 25.3 Å². The molecule has 4 aliphatic carbocycles. The molecule has 0 amide bonds. The monoisotopic (exact) mass is 434 g/mol. The molecule has 4 fully saturated rings. The number of aromatic hydroxyl groups is 1. The van der Waals surface area contributed by atoms with E-state index in [-0.39, 0.29) is 5.41 Å². The summed E-state index contributed by atoms with van der Waals surface area (Å²) >= 11 is 0. The lowest BCUT2D eigenvalue weighted by Crippen LogP contribution is -2.48. The largest absolute Gasteiger partial charge is 0.508 e. The Balaban J connectivity index is 1.54. The van der Waals surface area contributed by atoms with Gasteiger partial charge in [-0.2, -0.15) is 0 Å². The lowest BCUT2D eigenvalue weighted by Gasteiger charge is -2.57. The van der Waals surface area contributed by atoms with Crippen LogP contribution >= 0.6 is 0 Å². The van der Waals surface area contributed by atoms with E-state index >= 15 is 0 Å². The van der Waals surface area contributed by atoms with Gasteiger partial charge < -0.3 is 14.9 Å². The van der Waals surface area contributed by atoms with Crippen LogP contribution in [0.5, 0.6) is 11.5 Å². The van der Waals surface area contributed by atoms with Crippen LogP contribution in [-0.4, -0.2) is 33.3 Å². The van der Waals surface area contributed by atoms with Crippen molar-refractivity contribution in [1.29, 1.82) is 0 Å². The molecule has 4 saturated carbocycles. The number of methoxy groups -OCH3 is 1. The van der Waals surface area contributed by atoms with Gasteiger partial charge in [-0.25, -0.2) is 14.8 Å². The van der Waals surface area contributed by atoms with Crippen LogP contribution in [0.2, 0.25) is 0 Å². The molecule has 6 rings (SSSR count). The Morgan fingerprint density at radius 3 is 2.22 bits per heavy atom. The standard InChI is InChI=1S/C26H30N2O4/c1-3-18(7-24(30)31)19-13-27-25(28-14-19)20-8-21(22(29)9-23(20)32-2)26-10-15-4-16(11-26)6-17(5-15)12-26/h7-9,13-17,29H,3-6,10-12H2,1-2H3,(H,30,31)/b18-7+. The average Bonchev–Trinajstić information content (AvgIpc) is 2.76. The molecule has 32 heavy (non-hydrogen) atoms. The molecule has 4 bridgehead atoms. The molecule has 0 radical (unpaired) electrons. The Hall–Kier alpha value is -2.89. The molecule has 6 nitrogen and oxygen atoms in total. The van der Waals surface area contributed by atoms with Crippen molar-refractivity contribution in [1.82, 2.24) is 9.97 Å². The van der Waals surface area contributed by atoms with E-state index in [0.717, 1.165) is 48.1 Å². The third-order valence-corrected chi connectivity index (χ3v) is 7.87. The van der Waals surface area contributed by atoms with Gasteiger partial charge >= 0.3 is 5.97 Å². The number of carboxylic acids is 1. The van der Waals surface area contributed by atoms with Gasteiger partial charge in [0.2, 0.25) is 0 Å². The second kappa shape index (κ2) is 7.91. The van der Waals surface area contributed by atoms with E-state index in [9.17, 15) is 9.90 Å². The van der Waals surface area contributed by atoms with Crippen LogP contribution in [0.1, 0.15) is 63.0 Å². The molecule has 0 spiro atoms. The van der Waals surface area contributed by atoms with E-state index < -0.39 is 5.97 Å². The molecule has 0 atom stereocenters. The Morgan fingerprint density at radius 2 is 1.72 bits per heavy atom. The number of benzene rings is 1. The highest BCUT2D eigenvalue weighted by Crippen LogP contribution is 2.62. The first-order valence-corrected chi connectivity index (χ1v) is 11.6. The molecular formula is C26H30N2O4. The van der Waals surface area contributed by atoms with Gasteiger partial charge in [0, 0.05) is 35.7 Å². The SMILES string of the molecule is CC/C(=C\C(=O)O)c1cnc(-c2cc(C34CC5CC(CC(C5)C3)C4)c(O)cc2OC)nc1. The highest BCUT2D eigenvalue weighted by Gasteiger charge is 2.52. The number of phenols is 1. The number of carboxylic acid groups (broad SMARTS) is 1. The van der Waals surface area contributed by atoms with Gasteiger partial charge in [-0.15, -0.1) is 0 Å². The third kappa shape index (κ3) is 3.55. The molecule has 1 aromatic heterocycles. The quantitative estimate of drug-likeness (QED) is 0.607. The van der Waals surface area contributed by atoms with Crippen molar-refractivity contribution >= 4 is 11.5 Å². The molecule has 1 heterocycles. The number of rotatable bonds is 6. The number of aromatic nitrogens is 2. The van der Waals surface area contributed by atoms with Crippen molar-refractivity contribution in [2.24, 2.45) is 17.8 Å². The van der Waals surface area contributed by atoms with Gasteiger partial charge in [0.15, 0.2) is 5.82 Å². The highest BCUT2D eigenvalue weighted by molar-refractivity contribution is 5.89. The number of allylic oxidation sites excluding steroid dienone is 1. The maximum atomic E-state index is 11.1. The second-order valence-electron chi connectivity index (χ2n) is 9.92. The van der Waals surface area contributed by atoms with Gasteiger partial charge in [-0.1, -0.05) is 6.92 Å². The van der Waals surface area contributed by atoms with Crippen LogP contribution < -0.4 is 4.74 Å². The van der Waals surface area contributed by atoms with Crippen LogP contribution in [0.25, 0.3) is 17.0 Å². The summed E-state index contributed by atoms with van der Waals surface area (Å²) < 4.78 is 5.58. The number of ether oxygens (including phenoxy) is 1. The third-order valence-electron chi connectivity index (χ3n) is 7.87. The first kappa shape index (κ1) is 21.0. The minimum absolute atomic E-state index is 0.0411. The van der Waals surface area contributed by atoms with E-state index in [1.807, 2.05) is 13.0 Å². The first-order valence-electron chi connectivity index (χ1n) is 11.6. The average molecular weight is 435 g/mol. The Labute approximate surface area is 188 Å². The fourth-order valence-electron chi connectivity index (χ4n) is 6.95. The number of aliphatic carboxylic acids is 1. The topological polar surface area (TPSA) is 92.5 Å². The van der Waals surface area contributed by atoms with Crippen molar-refractivity contribution in [3.05, 3.63) is 41.7 Å². The maximum absolute atomic E-state index is 11.1. The van der Waals surface area contributed by atoms with E-state index in [1.54, 1.807) is 25.6 Å². The molecule has 4 aliphatic rings. The number of hydrogen-bond acceptors (Lipinski definition) is 5. The van der Waals surface area contributed by atoms with Crippen LogP contribution in [-0.2, 0) is 10.2 Å². The number of carbonyl (C=O) groups is 1. The first-order chi connectivity index (χ1) is 15.4. The van der Waals surface area contributed by atoms with Crippen LogP contribution in [0.15, 0.2) is 30.6 Å². The van der Waals surface area contributed by atoms with Crippen molar-refractivity contribution < 1.29 is 19.7 Å². The zero-order chi connectivity index (χ0) is 22.5. The lowest BCUT2D eigenvalue weighted by molar-refractivity contribution is -0.131. The maximum Gasteiger partial charge on any atom is 0.328 e. The van der Waals surface area contributed by atoms with Gasteiger partial charge in [0.25, 0.3) is 0 Å². The summed E-state index contributed by atoms with van der Waals surface area (Å²) in [4.78, 5) is 20.2. The van der Waals surface area contributed by atoms with Crippen LogP contribution in [0.3, 0.4) is 0 Å². The van der Waals surface area contributed by atoms with Crippen molar-refractivity contribution in [3.63, 3.8) is 0 Å². The Morgan fingerprint density at radius 1 is 1.12 bits per heavy atom. The van der Waals surface area contributed by atoms with E-state index in [4.69, 9.17) is 9.84 Å². The molecule has 6 heteroatoms. The van der Waals surface area contributed by atoms with Crippen LogP contribution in [0.4, 0.5) is 0 Å². The van der Waals surface area contributed by atoms with E-state index in [2.05, 4.69) is 9.97 Å². The summed E-state index contributed by atoms with van der Waals surface area (Å²) in [5.74, 6) is 2.71. The molecular weight excluding hydrogens is 404 g/mol. The van der Waals surface area contributed by atoms with Crippen molar-refractivity contribution in [2.75, 3.05) is 7.11 Å². The van der Waals surface area contributed by atoms with Gasteiger partial charge in [-0.3, -0.25) is 0 Å². The summed E-state index contributed by atoms with van der Waals surface area (Å²) in [5, 5.41) is 20.1. The predicted molar refractivity (Wildman–Crippen MR) is 121 cm³/mol. The predicted octanol–water partition coefficient (Wildman–Crippen LogP) is 5.20. The summed E-state index contributed by atoms with van der Waals surface area (Å²) in [7, 11) is 1.59. The van der Waals surface area contributed by atoms with Gasteiger partial charge in [-0.05, 0) is 79.8 Å². The number of nitrogens with zero attached hydrogens (tertiary/aromatic N) is 2. The summed E-state index contributed by atoms with van der Waals surface area (Å²) in [6, 6.07) is 3.76. The summed E-state index contributed by atoms with van der Waals surface area (Å²) in [5.41, 5.74) is 3.19. The molecule has 0 unspecified atom stereocenters. The summed E-state index contributed by atoms with van der Waals surface area (Å²) in [6.45, 7) is 1.91. The molecule has 0 saturated heterocycles. The number of hydrogen-bond donors (Lipinski definition) is 2. The zero-order valence-corrected chi connectivity index (χ0v) is 18.7. The normalized spacial score (nSPS) is 28.7. The zero-order valence-electron chi connectivity index (χ0n) is 18.7. The van der Waals surface area contributed by atoms with Crippen molar-refractivity contribution in [3.8, 4) is 22.9 Å². The second-order valence-corrected chi connectivity index (χ2v) is 9.92.